The van der Waals surface area contributed by atoms with Gasteiger partial charge in [0.2, 0.25) is 0 Å². The van der Waals surface area contributed by atoms with Crippen LogP contribution in [0.2, 0.25) is 0 Å². The van der Waals surface area contributed by atoms with E-state index >= 15 is 0 Å². The number of pyridine rings is 1. The molecule has 1 aromatic heterocycles. The van der Waals surface area contributed by atoms with Gasteiger partial charge in [-0.2, -0.15) is 5.26 Å². The number of allylic oxidation sites excluding steroid dienone is 2. The molecule has 0 saturated heterocycles. The number of hydrogen-bond acceptors (Lipinski definition) is 4. The van der Waals surface area contributed by atoms with Crippen LogP contribution >= 0.6 is 0 Å². The summed E-state index contributed by atoms with van der Waals surface area (Å²) in [7, 11) is 0. The van der Waals surface area contributed by atoms with Gasteiger partial charge in [0.15, 0.2) is 11.6 Å². The van der Waals surface area contributed by atoms with Crippen LogP contribution in [0.4, 0.5) is 0 Å². The lowest BCUT2D eigenvalue weighted by Gasteiger charge is -2.15. The Kier molecular flexibility index (Phi) is 2.22. The van der Waals surface area contributed by atoms with Crippen LogP contribution in [0.1, 0.15) is 37.4 Å². The molecule has 4 rings (SSSR count). The average molecular weight is 272 g/mol. The number of rotatable bonds is 0. The third-order valence-corrected chi connectivity index (χ3v) is 3.99. The van der Waals surface area contributed by atoms with Gasteiger partial charge in [-0.3, -0.25) is 14.6 Å². The Morgan fingerprint density at radius 2 is 1.90 bits per heavy atom. The summed E-state index contributed by atoms with van der Waals surface area (Å²) >= 11 is 0. The third kappa shape index (κ3) is 1.46. The molecule has 0 aliphatic heterocycles. The van der Waals surface area contributed by atoms with E-state index in [-0.39, 0.29) is 11.6 Å². The van der Waals surface area contributed by atoms with Gasteiger partial charge in [-0.15, -0.1) is 0 Å². The van der Waals surface area contributed by atoms with Gasteiger partial charge in [-0.25, -0.2) is 0 Å². The lowest BCUT2D eigenvalue weighted by atomic mass is 9.85. The second-order valence-electron chi connectivity index (χ2n) is 5.09. The van der Waals surface area contributed by atoms with E-state index < -0.39 is 0 Å². The number of nitriles is 1. The van der Waals surface area contributed by atoms with Gasteiger partial charge >= 0.3 is 0 Å². The smallest absolute Gasteiger partial charge is 0.196 e. The summed E-state index contributed by atoms with van der Waals surface area (Å²) in [6, 6.07) is 8.86. The second kappa shape index (κ2) is 3.97. The summed E-state index contributed by atoms with van der Waals surface area (Å²) in [6.45, 7) is 0. The van der Waals surface area contributed by atoms with E-state index in [1.165, 1.54) is 12.4 Å². The predicted octanol–water partition coefficient (Wildman–Crippen LogP) is 2.34. The molecule has 0 radical (unpaired) electrons. The molecule has 2 aliphatic carbocycles. The van der Waals surface area contributed by atoms with Crippen molar-refractivity contribution in [1.82, 2.24) is 4.98 Å². The summed E-state index contributed by atoms with van der Waals surface area (Å²) < 4.78 is 0. The van der Waals surface area contributed by atoms with E-state index in [0.717, 1.165) is 5.56 Å². The number of carbonyl (C=O) groups excluding carboxylic acids is 2. The Balaban J connectivity index is 1.98. The lowest BCUT2D eigenvalue weighted by molar-refractivity contribution is 0.0991. The first-order valence-corrected chi connectivity index (χ1v) is 6.50. The van der Waals surface area contributed by atoms with Crippen molar-refractivity contribution in [3.05, 3.63) is 70.0 Å². The molecular formula is C17H8N2O2. The molecule has 0 bridgehead atoms. The fraction of sp³-hybridized carbons (Fsp3) is 0.0588. The molecule has 0 N–H and O–H groups in total. The Morgan fingerprint density at radius 3 is 2.71 bits per heavy atom. The van der Waals surface area contributed by atoms with Gasteiger partial charge in [0, 0.05) is 35.5 Å². The first-order chi connectivity index (χ1) is 10.2. The van der Waals surface area contributed by atoms with Crippen LogP contribution in [0.25, 0.3) is 5.57 Å². The molecule has 1 heterocycles. The normalized spacial score (nSPS) is 15.4. The van der Waals surface area contributed by atoms with Crippen LogP contribution in [0.3, 0.4) is 0 Å². The minimum Gasteiger partial charge on any atom is -0.289 e. The zero-order valence-corrected chi connectivity index (χ0v) is 10.9. The Morgan fingerprint density at radius 1 is 1.05 bits per heavy atom. The zero-order valence-electron chi connectivity index (χ0n) is 10.9. The van der Waals surface area contributed by atoms with Crippen LogP contribution in [0.5, 0.6) is 0 Å². The van der Waals surface area contributed by atoms with Crippen molar-refractivity contribution in [3.8, 4) is 6.07 Å². The molecule has 2 aliphatic rings. The van der Waals surface area contributed by atoms with Gasteiger partial charge in [-0.1, -0.05) is 6.07 Å². The molecule has 0 atom stereocenters. The molecule has 4 heteroatoms. The maximum absolute atomic E-state index is 12.7. The van der Waals surface area contributed by atoms with Crippen molar-refractivity contribution in [1.29, 1.82) is 5.26 Å². The minimum absolute atomic E-state index is 0.114. The number of fused-ring (bicyclic) bond motifs is 3. The maximum Gasteiger partial charge on any atom is 0.196 e. The molecule has 4 nitrogen and oxygen atoms in total. The van der Waals surface area contributed by atoms with Crippen LogP contribution in [-0.4, -0.2) is 16.6 Å². The number of aromatic nitrogens is 1. The van der Waals surface area contributed by atoms with E-state index in [2.05, 4.69) is 11.1 Å². The number of nitrogens with zero attached hydrogens (tertiary/aromatic N) is 2. The van der Waals surface area contributed by atoms with E-state index in [4.69, 9.17) is 5.26 Å². The number of hydrogen-bond donors (Lipinski definition) is 0. The summed E-state index contributed by atoms with van der Waals surface area (Å²) in [5, 5.41) is 9.01. The fourth-order valence-corrected chi connectivity index (χ4v) is 3.00. The van der Waals surface area contributed by atoms with Gasteiger partial charge < -0.3 is 0 Å². The van der Waals surface area contributed by atoms with Crippen LogP contribution in [-0.2, 0) is 6.42 Å². The quantitative estimate of drug-likeness (QED) is 0.738. The molecule has 0 fully saturated rings. The first-order valence-electron chi connectivity index (χ1n) is 6.50. The number of Topliss-reactive ketones (excluding diaryl/α,β-unsaturated/α-hetero) is 2. The van der Waals surface area contributed by atoms with Crippen molar-refractivity contribution in [2.45, 2.75) is 6.42 Å². The van der Waals surface area contributed by atoms with Gasteiger partial charge in [0.05, 0.1) is 17.2 Å². The van der Waals surface area contributed by atoms with E-state index in [0.29, 0.717) is 39.8 Å². The number of benzene rings is 1. The molecule has 0 amide bonds. The zero-order chi connectivity index (χ0) is 14.6. The molecule has 98 valence electrons. The van der Waals surface area contributed by atoms with Crippen LogP contribution < -0.4 is 0 Å². The van der Waals surface area contributed by atoms with Gasteiger partial charge in [0.1, 0.15) is 0 Å². The molecule has 2 aromatic rings. The summed E-state index contributed by atoms with van der Waals surface area (Å²) in [5.41, 5.74) is 3.84. The maximum atomic E-state index is 12.7. The monoisotopic (exact) mass is 272 g/mol. The molecule has 21 heavy (non-hydrogen) atoms. The minimum atomic E-state index is -0.179. The van der Waals surface area contributed by atoms with Crippen molar-refractivity contribution >= 4 is 17.1 Å². The summed E-state index contributed by atoms with van der Waals surface area (Å²) in [6.07, 6.45) is 3.40. The SMILES string of the molecule is N#Cc1ccc2c(c1)C1=C(C2)C(=O)c2ccncc2C1=O. The van der Waals surface area contributed by atoms with Gasteiger partial charge in [0.25, 0.3) is 0 Å². The molecule has 0 spiro atoms. The lowest BCUT2D eigenvalue weighted by Crippen LogP contribution is -2.19. The van der Waals surface area contributed by atoms with Gasteiger partial charge in [-0.05, 0) is 29.3 Å². The predicted molar refractivity (Wildman–Crippen MR) is 74.7 cm³/mol. The Hall–Kier alpha value is -3.06. The van der Waals surface area contributed by atoms with Crippen LogP contribution in [0, 0.1) is 11.3 Å². The highest BCUT2D eigenvalue weighted by Crippen LogP contribution is 2.40. The fourth-order valence-electron chi connectivity index (χ4n) is 3.00. The first kappa shape index (κ1) is 11.7. The van der Waals surface area contributed by atoms with E-state index in [1.807, 2.05) is 6.07 Å². The molecular weight excluding hydrogens is 264 g/mol. The van der Waals surface area contributed by atoms with Crippen molar-refractivity contribution in [2.24, 2.45) is 0 Å². The number of carbonyl (C=O) groups is 2. The summed E-state index contributed by atoms with van der Waals surface area (Å²) in [5.74, 6) is -0.293. The van der Waals surface area contributed by atoms with Crippen LogP contribution in [0.15, 0.2) is 42.2 Å². The average Bonchev–Trinajstić information content (AvgIpc) is 2.91. The second-order valence-corrected chi connectivity index (χ2v) is 5.09. The number of ketones is 2. The highest BCUT2D eigenvalue weighted by Gasteiger charge is 2.37. The standard InChI is InChI=1S/C17H8N2O2/c18-7-9-1-2-10-6-13-15(12(10)5-9)17(21)14-8-19-4-3-11(14)16(13)20/h1-5,8H,6H2. The molecule has 1 aromatic carbocycles. The van der Waals surface area contributed by atoms with Crippen molar-refractivity contribution in [3.63, 3.8) is 0 Å². The molecule has 0 unspecified atom stereocenters. The van der Waals surface area contributed by atoms with Crippen molar-refractivity contribution in [2.75, 3.05) is 0 Å². The largest absolute Gasteiger partial charge is 0.289 e. The Labute approximate surface area is 120 Å². The van der Waals surface area contributed by atoms with Crippen molar-refractivity contribution < 1.29 is 9.59 Å². The highest BCUT2D eigenvalue weighted by molar-refractivity contribution is 6.41. The Bertz CT molecular complexity index is 917. The highest BCUT2D eigenvalue weighted by atomic mass is 16.1. The topological polar surface area (TPSA) is 70.8 Å². The van der Waals surface area contributed by atoms with E-state index in [9.17, 15) is 9.59 Å². The molecule has 0 saturated carbocycles. The third-order valence-electron chi connectivity index (χ3n) is 3.99. The van der Waals surface area contributed by atoms with E-state index in [1.54, 1.807) is 18.2 Å². The summed E-state index contributed by atoms with van der Waals surface area (Å²) in [4.78, 5) is 29.2.